The number of aromatic nitrogens is 4. The van der Waals surface area contributed by atoms with E-state index in [1.165, 1.54) is 0 Å². The van der Waals surface area contributed by atoms with E-state index in [0.29, 0.717) is 22.2 Å². The lowest BCUT2D eigenvalue weighted by Gasteiger charge is -2.29. The van der Waals surface area contributed by atoms with Crippen molar-refractivity contribution in [3.63, 3.8) is 0 Å². The van der Waals surface area contributed by atoms with Crippen molar-refractivity contribution >= 4 is 21.8 Å². The maximum Gasteiger partial charge on any atom is 0.260 e. The summed E-state index contributed by atoms with van der Waals surface area (Å²) in [6, 6.07) is 7.54. The number of hydrogen-bond donors (Lipinski definition) is 2. The molecule has 3 heterocycles. The highest BCUT2D eigenvalue weighted by molar-refractivity contribution is 5.91. The van der Waals surface area contributed by atoms with E-state index in [0.717, 1.165) is 48.6 Å². The average molecular weight is 430 g/mol. The zero-order valence-corrected chi connectivity index (χ0v) is 18.6. The number of pyridine rings is 2. The van der Waals surface area contributed by atoms with Crippen molar-refractivity contribution in [2.24, 2.45) is 7.05 Å². The monoisotopic (exact) mass is 429 g/mol. The van der Waals surface area contributed by atoms with Crippen molar-refractivity contribution in [2.75, 3.05) is 7.05 Å². The van der Waals surface area contributed by atoms with Gasteiger partial charge in [-0.2, -0.15) is 5.10 Å². The summed E-state index contributed by atoms with van der Waals surface area (Å²) in [5, 5.41) is 20.3. The minimum atomic E-state index is -0.0896. The van der Waals surface area contributed by atoms with Crippen LogP contribution in [-0.2, 0) is 12.6 Å². The highest BCUT2D eigenvalue weighted by Gasteiger charge is 2.54. The van der Waals surface area contributed by atoms with E-state index in [-0.39, 0.29) is 22.4 Å². The molecule has 0 unspecified atom stereocenters. The number of phenolic OH excluding ortho intramolecular Hbond substituents is 1. The smallest absolute Gasteiger partial charge is 0.260 e. The Morgan fingerprint density at radius 1 is 1.16 bits per heavy atom. The van der Waals surface area contributed by atoms with Crippen LogP contribution < -0.4 is 10.9 Å². The number of rotatable bonds is 3. The van der Waals surface area contributed by atoms with Crippen molar-refractivity contribution in [2.45, 2.75) is 50.1 Å². The van der Waals surface area contributed by atoms with Gasteiger partial charge in [0.2, 0.25) is 0 Å². The molecule has 32 heavy (non-hydrogen) atoms. The van der Waals surface area contributed by atoms with Gasteiger partial charge < -0.3 is 15.0 Å². The van der Waals surface area contributed by atoms with E-state index >= 15 is 0 Å². The van der Waals surface area contributed by atoms with Crippen LogP contribution in [0.1, 0.15) is 37.7 Å². The first-order chi connectivity index (χ1) is 15.3. The molecule has 1 aromatic carbocycles. The zero-order valence-electron chi connectivity index (χ0n) is 18.6. The summed E-state index contributed by atoms with van der Waals surface area (Å²) in [6.45, 7) is 1.86. The maximum absolute atomic E-state index is 13.5. The lowest BCUT2D eigenvalue weighted by atomic mass is 9.91. The Morgan fingerprint density at radius 3 is 2.66 bits per heavy atom. The van der Waals surface area contributed by atoms with Gasteiger partial charge in [0.15, 0.2) is 0 Å². The number of aromatic hydroxyl groups is 1. The highest BCUT2D eigenvalue weighted by Crippen LogP contribution is 2.54. The molecule has 0 saturated heterocycles. The molecule has 2 N–H and O–H groups in total. The van der Waals surface area contributed by atoms with Crippen LogP contribution in [0.3, 0.4) is 0 Å². The van der Waals surface area contributed by atoms with Gasteiger partial charge in [-0.25, -0.2) is 4.98 Å². The van der Waals surface area contributed by atoms with E-state index in [2.05, 4.69) is 10.4 Å². The van der Waals surface area contributed by atoms with Gasteiger partial charge in [0.1, 0.15) is 5.75 Å². The fraction of sp³-hybridized carbons (Fsp3) is 0.400. The first-order valence-electron chi connectivity index (χ1n) is 11.2. The molecule has 0 radical (unpaired) electrons. The fourth-order valence-corrected chi connectivity index (χ4v) is 6.13. The van der Waals surface area contributed by atoms with E-state index in [1.807, 2.05) is 62.2 Å². The summed E-state index contributed by atoms with van der Waals surface area (Å²) in [7, 11) is 3.90. The lowest BCUT2D eigenvalue weighted by molar-refractivity contribution is 0.280. The van der Waals surface area contributed by atoms with Gasteiger partial charge in [0, 0.05) is 47.0 Å². The van der Waals surface area contributed by atoms with Gasteiger partial charge in [-0.1, -0.05) is 0 Å². The van der Waals surface area contributed by atoms with Crippen molar-refractivity contribution in [3.8, 4) is 17.0 Å². The van der Waals surface area contributed by atoms with Crippen LogP contribution in [0, 0.1) is 6.92 Å². The second-order valence-corrected chi connectivity index (χ2v) is 9.69. The molecule has 2 saturated carbocycles. The van der Waals surface area contributed by atoms with Crippen LogP contribution in [0.4, 0.5) is 0 Å². The molecule has 7 heteroatoms. The van der Waals surface area contributed by atoms with Gasteiger partial charge in [0.25, 0.3) is 5.56 Å². The number of benzene rings is 1. The van der Waals surface area contributed by atoms with Crippen LogP contribution in [0.2, 0.25) is 0 Å². The molecular weight excluding hydrogens is 402 g/mol. The second kappa shape index (κ2) is 6.42. The normalized spacial score (nSPS) is 24.7. The Morgan fingerprint density at radius 2 is 1.94 bits per heavy atom. The quantitative estimate of drug-likeness (QED) is 0.520. The molecule has 2 bridgehead atoms. The number of aryl methyl sites for hydroxylation is 2. The summed E-state index contributed by atoms with van der Waals surface area (Å²) in [4.78, 5) is 18.2. The van der Waals surface area contributed by atoms with E-state index in [9.17, 15) is 9.90 Å². The molecule has 6 rings (SSSR count). The zero-order chi connectivity index (χ0) is 22.3. The minimum Gasteiger partial charge on any atom is -0.507 e. The summed E-state index contributed by atoms with van der Waals surface area (Å²) in [6.07, 6.45) is 9.14. The molecular formula is C25H27N5O2. The molecule has 2 aliphatic carbocycles. The fourth-order valence-electron chi connectivity index (χ4n) is 6.13. The van der Waals surface area contributed by atoms with E-state index in [1.54, 1.807) is 4.68 Å². The number of hydrogen-bond acceptors (Lipinski definition) is 5. The van der Waals surface area contributed by atoms with E-state index < -0.39 is 0 Å². The van der Waals surface area contributed by atoms with Gasteiger partial charge >= 0.3 is 0 Å². The average Bonchev–Trinajstić information content (AvgIpc) is 3.48. The first kappa shape index (κ1) is 19.5. The van der Waals surface area contributed by atoms with Crippen LogP contribution in [-0.4, -0.2) is 37.0 Å². The second-order valence-electron chi connectivity index (χ2n) is 9.69. The Kier molecular flexibility index (Phi) is 3.91. The van der Waals surface area contributed by atoms with Crippen LogP contribution in [0.5, 0.6) is 5.75 Å². The SMILES string of the molecule is CNC12CCC(n3ccc4nc(-c5cc6cn(C)nc6c(C)c5O)ccc4c3=O)(CC1)C2. The van der Waals surface area contributed by atoms with Crippen LogP contribution in [0.15, 0.2) is 41.5 Å². The van der Waals surface area contributed by atoms with Gasteiger partial charge in [0.05, 0.1) is 22.1 Å². The van der Waals surface area contributed by atoms with Crippen LogP contribution in [0.25, 0.3) is 33.1 Å². The number of phenols is 1. The van der Waals surface area contributed by atoms with Crippen LogP contribution >= 0.6 is 0 Å². The Hall–Kier alpha value is -3.19. The van der Waals surface area contributed by atoms with E-state index in [4.69, 9.17) is 4.98 Å². The Labute approximate surface area is 185 Å². The molecule has 0 amide bonds. The molecule has 164 valence electrons. The molecule has 0 aliphatic heterocycles. The predicted molar refractivity (Wildman–Crippen MR) is 125 cm³/mol. The van der Waals surface area contributed by atoms with Gasteiger partial charge in [-0.3, -0.25) is 9.48 Å². The topological polar surface area (TPSA) is 85.0 Å². The largest absolute Gasteiger partial charge is 0.507 e. The number of nitrogens with zero attached hydrogens (tertiary/aromatic N) is 4. The summed E-state index contributed by atoms with van der Waals surface area (Å²) in [5.41, 5.74) is 3.57. The molecule has 2 aliphatic rings. The van der Waals surface area contributed by atoms with Crippen molar-refractivity contribution in [3.05, 3.63) is 52.6 Å². The van der Waals surface area contributed by atoms with Crippen molar-refractivity contribution < 1.29 is 5.11 Å². The Bertz CT molecular complexity index is 1460. The molecule has 2 fully saturated rings. The molecule has 0 atom stereocenters. The maximum atomic E-state index is 13.5. The number of fused-ring (bicyclic) bond motifs is 4. The van der Waals surface area contributed by atoms with Gasteiger partial charge in [-0.05, 0) is 70.3 Å². The third kappa shape index (κ3) is 2.54. The summed E-state index contributed by atoms with van der Waals surface area (Å²) < 4.78 is 3.71. The summed E-state index contributed by atoms with van der Waals surface area (Å²) in [5.74, 6) is 0.176. The van der Waals surface area contributed by atoms with Gasteiger partial charge in [-0.15, -0.1) is 0 Å². The van der Waals surface area contributed by atoms with Crippen molar-refractivity contribution in [1.82, 2.24) is 24.6 Å². The standard InChI is InChI=1S/C25H27N5O2/c1-15-21-16(13-29(3)28-21)12-18(22(15)31)19-5-4-17-20(27-19)6-11-30(23(17)32)25-9-7-24(14-25,26-2)8-10-25/h4-6,11-13,26,31H,7-10,14H2,1-3H3. The molecule has 4 aromatic rings. The summed E-state index contributed by atoms with van der Waals surface area (Å²) >= 11 is 0. The third-order valence-corrected chi connectivity index (χ3v) is 8.00. The lowest BCUT2D eigenvalue weighted by Crippen LogP contribution is -2.38. The highest BCUT2D eigenvalue weighted by atomic mass is 16.3. The van der Waals surface area contributed by atoms with Crippen molar-refractivity contribution in [1.29, 1.82) is 0 Å². The third-order valence-electron chi connectivity index (χ3n) is 8.00. The minimum absolute atomic E-state index is 0.0264. The predicted octanol–water partition coefficient (Wildman–Crippen LogP) is 3.60. The molecule has 0 spiro atoms. The molecule has 7 nitrogen and oxygen atoms in total. The number of nitrogens with one attached hydrogen (secondary N) is 1. The molecule has 3 aromatic heterocycles. The Balaban J connectivity index is 1.47. The first-order valence-corrected chi connectivity index (χ1v) is 11.2.